The summed E-state index contributed by atoms with van der Waals surface area (Å²) in [6.07, 6.45) is 1.69. The van der Waals surface area contributed by atoms with E-state index in [-0.39, 0.29) is 0 Å². The largest absolute Gasteiger partial charge is 0.469 e. The third-order valence-corrected chi connectivity index (χ3v) is 3.70. The fraction of sp³-hybridized carbons (Fsp3) is 0.273. The summed E-state index contributed by atoms with van der Waals surface area (Å²) in [6.45, 7) is 1.99. The van der Waals surface area contributed by atoms with Crippen molar-refractivity contribution >= 4 is 22.9 Å². The molecular formula is C11H11ClO2S. The van der Waals surface area contributed by atoms with Crippen LogP contribution in [-0.4, -0.2) is 5.11 Å². The van der Waals surface area contributed by atoms with Gasteiger partial charge in [0, 0.05) is 12.0 Å². The number of halogens is 1. The third kappa shape index (κ3) is 1.95. The summed E-state index contributed by atoms with van der Waals surface area (Å²) in [5.74, 6) is 0.812. The first-order valence-electron chi connectivity index (χ1n) is 4.71. The van der Waals surface area contributed by atoms with Gasteiger partial charge < -0.3 is 9.52 Å². The fourth-order valence-electron chi connectivity index (χ4n) is 1.52. The van der Waals surface area contributed by atoms with E-state index in [4.69, 9.17) is 16.0 Å². The molecule has 0 saturated carbocycles. The molecule has 80 valence electrons. The predicted molar refractivity (Wildman–Crippen MR) is 61.5 cm³/mol. The van der Waals surface area contributed by atoms with Crippen molar-refractivity contribution in [1.29, 1.82) is 0 Å². The monoisotopic (exact) mass is 242 g/mol. The number of furan rings is 1. The van der Waals surface area contributed by atoms with Gasteiger partial charge in [-0.2, -0.15) is 0 Å². The van der Waals surface area contributed by atoms with Crippen molar-refractivity contribution in [2.24, 2.45) is 0 Å². The van der Waals surface area contributed by atoms with Crippen LogP contribution in [0.25, 0.3) is 0 Å². The van der Waals surface area contributed by atoms with Gasteiger partial charge in [-0.1, -0.05) is 18.5 Å². The maximum atomic E-state index is 10.1. The molecule has 15 heavy (non-hydrogen) atoms. The summed E-state index contributed by atoms with van der Waals surface area (Å²) in [5, 5.41) is 12.6. The number of aryl methyl sites for hydroxylation is 1. The Morgan fingerprint density at radius 3 is 2.93 bits per heavy atom. The fourth-order valence-corrected chi connectivity index (χ4v) is 2.69. The van der Waals surface area contributed by atoms with Crippen LogP contribution in [0.4, 0.5) is 0 Å². The molecule has 0 aliphatic rings. The molecule has 2 aromatic heterocycles. The first-order valence-corrected chi connectivity index (χ1v) is 5.97. The maximum Gasteiger partial charge on any atom is 0.118 e. The molecule has 1 atom stereocenters. The van der Waals surface area contributed by atoms with E-state index in [2.05, 4.69) is 0 Å². The quantitative estimate of drug-likeness (QED) is 0.892. The topological polar surface area (TPSA) is 33.4 Å². The van der Waals surface area contributed by atoms with Crippen LogP contribution in [0.3, 0.4) is 0 Å². The molecule has 2 rings (SSSR count). The van der Waals surface area contributed by atoms with Crippen LogP contribution in [0.15, 0.2) is 28.2 Å². The third-order valence-electron chi connectivity index (χ3n) is 2.29. The Hall–Kier alpha value is -0.770. The molecule has 0 bridgehead atoms. The zero-order chi connectivity index (χ0) is 10.8. The molecule has 0 fully saturated rings. The van der Waals surface area contributed by atoms with Crippen LogP contribution in [0.1, 0.15) is 29.2 Å². The summed E-state index contributed by atoms with van der Waals surface area (Å²) in [5.41, 5.74) is 0.807. The number of aliphatic hydroxyl groups excluding tert-OH is 1. The van der Waals surface area contributed by atoms with Gasteiger partial charge in [0.15, 0.2) is 0 Å². The highest BCUT2D eigenvalue weighted by Gasteiger charge is 2.19. The summed E-state index contributed by atoms with van der Waals surface area (Å²) in [7, 11) is 0. The van der Waals surface area contributed by atoms with Crippen molar-refractivity contribution in [1.82, 2.24) is 0 Å². The normalized spacial score (nSPS) is 13.0. The van der Waals surface area contributed by atoms with Gasteiger partial charge in [-0.05, 0) is 17.5 Å². The van der Waals surface area contributed by atoms with E-state index in [1.54, 1.807) is 18.4 Å². The van der Waals surface area contributed by atoms with Gasteiger partial charge in [0.2, 0.25) is 0 Å². The molecule has 0 aliphatic heterocycles. The van der Waals surface area contributed by atoms with Crippen molar-refractivity contribution in [2.45, 2.75) is 19.4 Å². The summed E-state index contributed by atoms with van der Waals surface area (Å²) >= 11 is 7.42. The van der Waals surface area contributed by atoms with Crippen LogP contribution < -0.4 is 0 Å². The van der Waals surface area contributed by atoms with Crippen LogP contribution in [0, 0.1) is 0 Å². The van der Waals surface area contributed by atoms with Crippen molar-refractivity contribution in [3.63, 3.8) is 0 Å². The average Bonchev–Trinajstić information content (AvgIpc) is 2.84. The molecule has 0 spiro atoms. The highest BCUT2D eigenvalue weighted by atomic mass is 35.5. The summed E-state index contributed by atoms with van der Waals surface area (Å²) < 4.78 is 5.27. The molecule has 0 amide bonds. The van der Waals surface area contributed by atoms with Crippen molar-refractivity contribution in [2.75, 3.05) is 0 Å². The van der Waals surface area contributed by atoms with E-state index >= 15 is 0 Å². The number of aliphatic hydroxyl groups is 1. The van der Waals surface area contributed by atoms with Gasteiger partial charge in [-0.25, -0.2) is 0 Å². The van der Waals surface area contributed by atoms with Crippen molar-refractivity contribution < 1.29 is 9.52 Å². The van der Waals surface area contributed by atoms with Gasteiger partial charge in [0.25, 0.3) is 0 Å². The van der Waals surface area contributed by atoms with Crippen LogP contribution >= 0.6 is 22.9 Å². The molecule has 1 N–H and O–H groups in total. The SMILES string of the molecule is CCc1occc1C(O)c1sccc1Cl. The lowest BCUT2D eigenvalue weighted by atomic mass is 10.1. The maximum absolute atomic E-state index is 10.1. The zero-order valence-electron chi connectivity index (χ0n) is 8.24. The Labute approximate surface area is 97.1 Å². The van der Waals surface area contributed by atoms with Gasteiger partial charge in [0.05, 0.1) is 16.2 Å². The molecule has 0 aromatic carbocycles. The average molecular weight is 243 g/mol. The Balaban J connectivity index is 2.36. The van der Waals surface area contributed by atoms with Crippen molar-refractivity contribution in [3.05, 3.63) is 45.0 Å². The van der Waals surface area contributed by atoms with Gasteiger partial charge in [-0.3, -0.25) is 0 Å². The molecule has 2 nitrogen and oxygen atoms in total. The predicted octanol–water partition coefficient (Wildman–Crippen LogP) is 3.64. The minimum absolute atomic E-state index is 0.607. The zero-order valence-corrected chi connectivity index (χ0v) is 9.81. The van der Waals surface area contributed by atoms with Crippen molar-refractivity contribution in [3.8, 4) is 0 Å². The van der Waals surface area contributed by atoms with E-state index in [1.807, 2.05) is 12.3 Å². The highest BCUT2D eigenvalue weighted by molar-refractivity contribution is 7.10. The van der Waals surface area contributed by atoms with E-state index in [1.165, 1.54) is 11.3 Å². The van der Waals surface area contributed by atoms with E-state index in [0.29, 0.717) is 5.02 Å². The Morgan fingerprint density at radius 1 is 1.53 bits per heavy atom. The Morgan fingerprint density at radius 2 is 2.33 bits per heavy atom. The molecule has 2 aromatic rings. The number of thiophene rings is 1. The smallest absolute Gasteiger partial charge is 0.118 e. The van der Waals surface area contributed by atoms with E-state index < -0.39 is 6.10 Å². The van der Waals surface area contributed by atoms with Crippen LogP contribution in [-0.2, 0) is 6.42 Å². The van der Waals surface area contributed by atoms with E-state index in [9.17, 15) is 5.11 Å². The minimum Gasteiger partial charge on any atom is -0.469 e. The minimum atomic E-state index is -0.675. The molecule has 0 aliphatic carbocycles. The molecule has 1 unspecified atom stereocenters. The second-order valence-electron chi connectivity index (χ2n) is 3.19. The Kier molecular flexibility index (Phi) is 3.14. The molecule has 4 heteroatoms. The lowest BCUT2D eigenvalue weighted by Gasteiger charge is -2.08. The second kappa shape index (κ2) is 4.39. The second-order valence-corrected chi connectivity index (χ2v) is 4.54. The number of hydrogen-bond donors (Lipinski definition) is 1. The summed E-state index contributed by atoms with van der Waals surface area (Å²) in [4.78, 5) is 0.771. The number of hydrogen-bond acceptors (Lipinski definition) is 3. The molecular weight excluding hydrogens is 232 g/mol. The summed E-state index contributed by atoms with van der Waals surface area (Å²) in [6, 6.07) is 3.58. The van der Waals surface area contributed by atoms with Gasteiger partial charge in [-0.15, -0.1) is 11.3 Å². The molecule has 2 heterocycles. The van der Waals surface area contributed by atoms with Gasteiger partial charge in [0.1, 0.15) is 11.9 Å². The first-order chi connectivity index (χ1) is 7.24. The van der Waals surface area contributed by atoms with E-state index in [0.717, 1.165) is 22.6 Å². The molecule has 0 saturated heterocycles. The van der Waals surface area contributed by atoms with Crippen LogP contribution in [0.2, 0.25) is 5.02 Å². The molecule has 0 radical (unpaired) electrons. The standard InChI is InChI=1S/C11H11ClO2S/c1-2-9-7(3-5-14-9)10(13)11-8(12)4-6-15-11/h3-6,10,13H,2H2,1H3. The Bertz CT molecular complexity index is 447. The lowest BCUT2D eigenvalue weighted by Crippen LogP contribution is -1.99. The van der Waals surface area contributed by atoms with Gasteiger partial charge >= 0.3 is 0 Å². The lowest BCUT2D eigenvalue weighted by molar-refractivity contribution is 0.221. The van der Waals surface area contributed by atoms with Crippen LogP contribution in [0.5, 0.6) is 0 Å². The number of rotatable bonds is 3. The first kappa shape index (κ1) is 10.7. The highest BCUT2D eigenvalue weighted by Crippen LogP contribution is 2.34.